The topological polar surface area (TPSA) is 82.8 Å². The summed E-state index contributed by atoms with van der Waals surface area (Å²) < 4.78 is 54.8. The van der Waals surface area contributed by atoms with Gasteiger partial charge in [0.1, 0.15) is 18.3 Å². The highest BCUT2D eigenvalue weighted by molar-refractivity contribution is 5.86. The van der Waals surface area contributed by atoms with E-state index in [1.807, 2.05) is 0 Å². The summed E-state index contributed by atoms with van der Waals surface area (Å²) in [7, 11) is 0. The number of aromatic carboxylic acids is 1. The molecule has 1 aromatic heterocycles. The molecule has 7 nitrogen and oxygen atoms in total. The van der Waals surface area contributed by atoms with E-state index in [0.29, 0.717) is 6.54 Å². The maximum absolute atomic E-state index is 13.1. The molecule has 138 valence electrons. The van der Waals surface area contributed by atoms with Crippen LogP contribution >= 0.6 is 0 Å². The van der Waals surface area contributed by atoms with Gasteiger partial charge in [0.05, 0.1) is 18.3 Å². The standard InChI is InChI=1S/C16H13F3N2O5/c17-16(18,19)15(25-5-6-26-15)10-24-13-3-1-11(2-4-13)8-21-9-12(7-20-21)14(22)23/h1-7,9H,8,10H2,(H,22,23). The van der Waals surface area contributed by atoms with E-state index >= 15 is 0 Å². The van der Waals surface area contributed by atoms with Gasteiger partial charge in [0, 0.05) is 6.20 Å². The molecule has 3 rings (SSSR count). The van der Waals surface area contributed by atoms with E-state index in [9.17, 15) is 18.0 Å². The minimum absolute atomic E-state index is 0.0626. The van der Waals surface area contributed by atoms with Crippen LogP contribution in [0, 0.1) is 0 Å². The fourth-order valence-electron chi connectivity index (χ4n) is 2.20. The second-order valence-electron chi connectivity index (χ2n) is 5.42. The predicted octanol–water partition coefficient (Wildman–Crippen LogP) is 2.79. The van der Waals surface area contributed by atoms with Crippen molar-refractivity contribution in [3.05, 3.63) is 60.3 Å². The molecule has 0 bridgehead atoms. The van der Waals surface area contributed by atoms with Crippen LogP contribution in [0.1, 0.15) is 15.9 Å². The monoisotopic (exact) mass is 370 g/mol. The Hall–Kier alpha value is -3.17. The van der Waals surface area contributed by atoms with Gasteiger partial charge in [-0.05, 0) is 17.7 Å². The average Bonchev–Trinajstić information content (AvgIpc) is 3.23. The Morgan fingerprint density at radius 1 is 1.23 bits per heavy atom. The summed E-state index contributed by atoms with van der Waals surface area (Å²) in [5, 5.41) is 12.8. The molecule has 0 amide bonds. The maximum atomic E-state index is 13.1. The van der Waals surface area contributed by atoms with Gasteiger partial charge in [0.25, 0.3) is 0 Å². The highest BCUT2D eigenvalue weighted by atomic mass is 19.4. The number of carboxylic acids is 1. The van der Waals surface area contributed by atoms with Gasteiger partial charge in [-0.1, -0.05) is 12.1 Å². The molecule has 1 aliphatic rings. The van der Waals surface area contributed by atoms with E-state index in [1.54, 1.807) is 12.1 Å². The Morgan fingerprint density at radius 3 is 2.42 bits per heavy atom. The average molecular weight is 370 g/mol. The molecule has 1 aromatic carbocycles. The van der Waals surface area contributed by atoms with Gasteiger partial charge in [0.15, 0.2) is 6.61 Å². The van der Waals surface area contributed by atoms with E-state index in [2.05, 4.69) is 14.6 Å². The van der Waals surface area contributed by atoms with Gasteiger partial charge in [-0.15, -0.1) is 0 Å². The number of benzene rings is 1. The zero-order valence-electron chi connectivity index (χ0n) is 13.1. The second kappa shape index (κ2) is 6.62. The number of aromatic nitrogens is 2. The number of alkyl halides is 3. The van der Waals surface area contributed by atoms with Crippen molar-refractivity contribution in [3.63, 3.8) is 0 Å². The van der Waals surface area contributed by atoms with E-state index in [4.69, 9.17) is 9.84 Å². The molecule has 1 aliphatic heterocycles. The first-order valence-corrected chi connectivity index (χ1v) is 7.34. The van der Waals surface area contributed by atoms with Crippen molar-refractivity contribution >= 4 is 5.97 Å². The Labute approximate surface area is 145 Å². The van der Waals surface area contributed by atoms with Crippen LogP contribution in [0.15, 0.2) is 49.2 Å². The molecule has 0 aliphatic carbocycles. The summed E-state index contributed by atoms with van der Waals surface area (Å²) in [6.07, 6.45) is -0.531. The van der Waals surface area contributed by atoms with E-state index in [1.165, 1.54) is 29.2 Å². The summed E-state index contributed by atoms with van der Waals surface area (Å²) in [5.74, 6) is -3.74. The zero-order chi connectivity index (χ0) is 18.8. The number of hydrogen-bond donors (Lipinski definition) is 1. The van der Waals surface area contributed by atoms with Crippen LogP contribution in [0.2, 0.25) is 0 Å². The number of rotatable bonds is 6. The van der Waals surface area contributed by atoms with Gasteiger partial charge < -0.3 is 19.3 Å². The van der Waals surface area contributed by atoms with Crippen LogP contribution in [0.5, 0.6) is 5.75 Å². The lowest BCUT2D eigenvalue weighted by Crippen LogP contribution is -2.51. The van der Waals surface area contributed by atoms with Crippen LogP contribution in [0.25, 0.3) is 0 Å². The summed E-state index contributed by atoms with van der Waals surface area (Å²) in [5.41, 5.74) is 0.825. The first-order valence-electron chi connectivity index (χ1n) is 7.34. The molecule has 2 heterocycles. The molecule has 0 unspecified atom stereocenters. The van der Waals surface area contributed by atoms with Crippen LogP contribution in [-0.2, 0) is 16.0 Å². The van der Waals surface area contributed by atoms with Crippen LogP contribution in [-0.4, -0.2) is 39.4 Å². The molecule has 0 atom stereocenters. The highest BCUT2D eigenvalue weighted by Gasteiger charge is 2.62. The van der Waals surface area contributed by atoms with Gasteiger partial charge in [0.2, 0.25) is 0 Å². The summed E-state index contributed by atoms with van der Waals surface area (Å²) in [6.45, 7) is -0.569. The quantitative estimate of drug-likeness (QED) is 0.842. The first kappa shape index (κ1) is 17.6. The third kappa shape index (κ3) is 3.58. The van der Waals surface area contributed by atoms with Gasteiger partial charge in [-0.25, -0.2) is 4.79 Å². The molecule has 0 saturated heterocycles. The van der Waals surface area contributed by atoms with Crippen molar-refractivity contribution < 1.29 is 37.3 Å². The van der Waals surface area contributed by atoms with Crippen molar-refractivity contribution in [1.29, 1.82) is 0 Å². The number of ether oxygens (including phenoxy) is 3. The number of carboxylic acid groups (broad SMARTS) is 1. The number of carbonyl (C=O) groups is 1. The summed E-state index contributed by atoms with van der Waals surface area (Å²) in [4.78, 5) is 10.8. The summed E-state index contributed by atoms with van der Waals surface area (Å²) >= 11 is 0. The number of halogens is 3. The lowest BCUT2D eigenvalue weighted by atomic mass is 10.2. The fraction of sp³-hybridized carbons (Fsp3) is 0.250. The van der Waals surface area contributed by atoms with Crippen molar-refractivity contribution in [2.75, 3.05) is 6.61 Å². The highest BCUT2D eigenvalue weighted by Crippen LogP contribution is 2.38. The minimum atomic E-state index is -4.77. The molecule has 10 heteroatoms. The first-order chi connectivity index (χ1) is 12.3. The Morgan fingerprint density at radius 2 is 1.88 bits per heavy atom. The third-order valence-corrected chi connectivity index (χ3v) is 3.58. The maximum Gasteiger partial charge on any atom is 0.471 e. The van der Waals surface area contributed by atoms with E-state index in [-0.39, 0.29) is 11.3 Å². The van der Waals surface area contributed by atoms with Crippen LogP contribution < -0.4 is 4.74 Å². The zero-order valence-corrected chi connectivity index (χ0v) is 13.1. The SMILES string of the molecule is O=C(O)c1cnn(Cc2ccc(OCC3(C(F)(F)F)OC=CO3)cc2)c1. The lowest BCUT2D eigenvalue weighted by molar-refractivity contribution is -0.343. The second-order valence-corrected chi connectivity index (χ2v) is 5.42. The van der Waals surface area contributed by atoms with Gasteiger partial charge in [-0.3, -0.25) is 4.68 Å². The van der Waals surface area contributed by atoms with E-state index in [0.717, 1.165) is 18.1 Å². The molecule has 0 saturated carbocycles. The van der Waals surface area contributed by atoms with Gasteiger partial charge in [-0.2, -0.15) is 18.3 Å². The predicted molar refractivity (Wildman–Crippen MR) is 80.3 cm³/mol. The molecule has 0 radical (unpaired) electrons. The largest absolute Gasteiger partial charge is 0.485 e. The molecule has 2 aromatic rings. The Kier molecular flexibility index (Phi) is 4.49. The summed E-state index contributed by atoms with van der Waals surface area (Å²) in [6, 6.07) is 6.24. The molecular weight excluding hydrogens is 357 g/mol. The third-order valence-electron chi connectivity index (χ3n) is 3.58. The van der Waals surface area contributed by atoms with Gasteiger partial charge >= 0.3 is 17.9 Å². The number of nitrogens with zero attached hydrogens (tertiary/aromatic N) is 2. The van der Waals surface area contributed by atoms with E-state index < -0.39 is 24.5 Å². The number of hydrogen-bond acceptors (Lipinski definition) is 5. The normalized spacial score (nSPS) is 15.3. The Bertz CT molecular complexity index is 806. The molecule has 26 heavy (non-hydrogen) atoms. The van der Waals surface area contributed by atoms with Crippen molar-refractivity contribution in [3.8, 4) is 5.75 Å². The lowest BCUT2D eigenvalue weighted by Gasteiger charge is -2.29. The molecule has 0 spiro atoms. The Balaban J connectivity index is 1.61. The van der Waals surface area contributed by atoms with Crippen LogP contribution in [0.3, 0.4) is 0 Å². The van der Waals surface area contributed by atoms with Crippen molar-refractivity contribution in [2.24, 2.45) is 0 Å². The molecule has 1 N–H and O–H groups in total. The minimum Gasteiger partial charge on any atom is -0.485 e. The van der Waals surface area contributed by atoms with Crippen molar-refractivity contribution in [1.82, 2.24) is 9.78 Å². The van der Waals surface area contributed by atoms with Crippen LogP contribution in [0.4, 0.5) is 13.2 Å². The molecule has 0 fully saturated rings. The molecular formula is C16H13F3N2O5. The fourth-order valence-corrected chi connectivity index (χ4v) is 2.20. The smallest absolute Gasteiger partial charge is 0.471 e. The van der Waals surface area contributed by atoms with Crippen molar-refractivity contribution in [2.45, 2.75) is 18.5 Å².